The molecule has 0 aromatic heterocycles. The molecule has 1 fully saturated rings. The number of nitrogens with one attached hydrogen (secondary N) is 3. The molecule has 1 aliphatic carbocycles. The summed E-state index contributed by atoms with van der Waals surface area (Å²) in [6, 6.07) is 10.6. The number of amides is 3. The van der Waals surface area contributed by atoms with Crippen molar-refractivity contribution in [2.24, 2.45) is 5.92 Å². The lowest BCUT2D eigenvalue weighted by Gasteiger charge is -2.13. The third-order valence-corrected chi connectivity index (χ3v) is 7.10. The summed E-state index contributed by atoms with van der Waals surface area (Å²) in [6.07, 6.45) is -3.54. The molecule has 0 spiro atoms. The van der Waals surface area contributed by atoms with Gasteiger partial charge in [-0.2, -0.15) is 8.78 Å². The van der Waals surface area contributed by atoms with Crippen LogP contribution in [-0.2, 0) is 9.59 Å². The highest BCUT2D eigenvalue weighted by Crippen LogP contribution is 2.65. The van der Waals surface area contributed by atoms with Crippen LogP contribution in [0.1, 0.15) is 21.8 Å². The van der Waals surface area contributed by atoms with E-state index in [2.05, 4.69) is 10.6 Å². The van der Waals surface area contributed by atoms with E-state index < -0.39 is 69.1 Å². The summed E-state index contributed by atoms with van der Waals surface area (Å²) < 4.78 is 65.4. The molecule has 4 rings (SSSR count). The highest BCUT2D eigenvalue weighted by atomic mass is 35.5. The van der Waals surface area contributed by atoms with Crippen LogP contribution in [0.2, 0.25) is 5.02 Å². The summed E-state index contributed by atoms with van der Waals surface area (Å²) >= 11 is 18.7. The van der Waals surface area contributed by atoms with Crippen molar-refractivity contribution in [3.05, 3.63) is 88.2 Å². The molecule has 0 heterocycles. The number of carbonyl (C=O) groups is 3. The second kappa shape index (κ2) is 11.0. The molecule has 6 nitrogen and oxygen atoms in total. The third kappa shape index (κ3) is 5.95. The monoisotopic (exact) mass is 605 g/mol. The van der Waals surface area contributed by atoms with E-state index in [-0.39, 0.29) is 16.3 Å². The van der Waals surface area contributed by atoms with Crippen LogP contribution >= 0.6 is 34.8 Å². The van der Waals surface area contributed by atoms with Crippen LogP contribution in [0.4, 0.5) is 39.0 Å². The first-order valence-electron chi connectivity index (χ1n) is 10.9. The van der Waals surface area contributed by atoms with Crippen LogP contribution < -0.4 is 16.0 Å². The summed E-state index contributed by atoms with van der Waals surface area (Å²) in [5.74, 6) is -8.43. The molecule has 1 aliphatic rings. The zero-order chi connectivity index (χ0) is 28.6. The van der Waals surface area contributed by atoms with Gasteiger partial charge in [0, 0.05) is 11.6 Å². The Morgan fingerprint density at radius 1 is 0.872 bits per heavy atom. The van der Waals surface area contributed by atoms with E-state index >= 15 is 0 Å². The lowest BCUT2D eigenvalue weighted by Crippen LogP contribution is -2.22. The standard InChI is InChI=1S/C25H15Cl3F5N3O3/c26-14-6-5-12(34-23(38)18-17(25(18,27)28)10-1-3-11(29)4-2-10)9-13(14)22(37)35-16-8-7-15(30)20(19(16)31)36-24(39)21(32)33/h1-9,17-18,21H,(H,34,38)(H,35,37)(H,36,39). The molecule has 1 saturated carbocycles. The van der Waals surface area contributed by atoms with E-state index in [9.17, 15) is 36.3 Å². The molecule has 39 heavy (non-hydrogen) atoms. The molecule has 3 amide bonds. The number of rotatable bonds is 7. The van der Waals surface area contributed by atoms with Gasteiger partial charge in [-0.25, -0.2) is 13.2 Å². The molecule has 14 heteroatoms. The van der Waals surface area contributed by atoms with E-state index in [1.54, 1.807) is 0 Å². The zero-order valence-corrected chi connectivity index (χ0v) is 21.4. The van der Waals surface area contributed by atoms with Crippen molar-refractivity contribution in [1.82, 2.24) is 0 Å². The molecule has 2 unspecified atom stereocenters. The van der Waals surface area contributed by atoms with Gasteiger partial charge < -0.3 is 16.0 Å². The van der Waals surface area contributed by atoms with Gasteiger partial charge in [-0.3, -0.25) is 14.4 Å². The van der Waals surface area contributed by atoms with Gasteiger partial charge in [-0.1, -0.05) is 23.7 Å². The van der Waals surface area contributed by atoms with Crippen molar-refractivity contribution in [2.75, 3.05) is 16.0 Å². The predicted octanol–water partition coefficient (Wildman–Crippen LogP) is 6.74. The van der Waals surface area contributed by atoms with E-state index in [4.69, 9.17) is 34.8 Å². The van der Waals surface area contributed by atoms with Gasteiger partial charge in [0.05, 0.1) is 22.2 Å². The Hall–Kier alpha value is -3.41. The van der Waals surface area contributed by atoms with Crippen LogP contribution in [-0.4, -0.2) is 28.5 Å². The van der Waals surface area contributed by atoms with Gasteiger partial charge in [-0.05, 0) is 48.0 Å². The Bertz CT molecular complexity index is 1470. The van der Waals surface area contributed by atoms with Crippen molar-refractivity contribution in [3.8, 4) is 0 Å². The number of benzene rings is 3. The van der Waals surface area contributed by atoms with Crippen molar-refractivity contribution < 1.29 is 36.3 Å². The lowest BCUT2D eigenvalue weighted by molar-refractivity contribution is -0.126. The maximum Gasteiger partial charge on any atom is 0.315 e. The third-order valence-electron chi connectivity index (χ3n) is 5.83. The maximum atomic E-state index is 14.7. The fourth-order valence-corrected chi connectivity index (χ4v) is 4.90. The molecule has 3 N–H and O–H groups in total. The zero-order valence-electron chi connectivity index (χ0n) is 19.2. The van der Waals surface area contributed by atoms with Crippen molar-refractivity contribution in [1.29, 1.82) is 0 Å². The van der Waals surface area contributed by atoms with Gasteiger partial charge >= 0.3 is 6.43 Å². The fourth-order valence-electron chi connectivity index (χ4n) is 3.87. The van der Waals surface area contributed by atoms with E-state index in [1.807, 2.05) is 0 Å². The fraction of sp³-hybridized carbons (Fsp3) is 0.160. The minimum atomic E-state index is -3.54. The van der Waals surface area contributed by atoms with Gasteiger partial charge in [0.1, 0.15) is 21.7 Å². The van der Waals surface area contributed by atoms with Crippen molar-refractivity contribution in [2.45, 2.75) is 16.7 Å². The molecular weight excluding hydrogens is 592 g/mol. The van der Waals surface area contributed by atoms with Crippen LogP contribution in [0.3, 0.4) is 0 Å². The van der Waals surface area contributed by atoms with Gasteiger partial charge in [0.15, 0.2) is 5.82 Å². The van der Waals surface area contributed by atoms with Gasteiger partial charge in [0.25, 0.3) is 11.8 Å². The SMILES string of the molecule is O=C(Nc1ccc(F)c(NC(=O)C(F)F)c1F)c1cc(NC(=O)C2C(c3ccc(F)cc3)C2(Cl)Cl)ccc1Cl. The topological polar surface area (TPSA) is 87.3 Å². The summed E-state index contributed by atoms with van der Waals surface area (Å²) in [7, 11) is 0. The molecule has 0 saturated heterocycles. The average molecular weight is 607 g/mol. The number of hydrogen-bond acceptors (Lipinski definition) is 3. The Morgan fingerprint density at radius 2 is 1.54 bits per heavy atom. The number of carbonyl (C=O) groups excluding carboxylic acids is 3. The summed E-state index contributed by atoms with van der Waals surface area (Å²) in [4.78, 5) is 36.9. The Morgan fingerprint density at radius 3 is 2.18 bits per heavy atom. The van der Waals surface area contributed by atoms with E-state index in [0.717, 1.165) is 12.1 Å². The molecule has 3 aromatic carbocycles. The molecule has 0 radical (unpaired) electrons. The first kappa shape index (κ1) is 28.6. The lowest BCUT2D eigenvalue weighted by atomic mass is 10.1. The first-order valence-corrected chi connectivity index (χ1v) is 12.1. The minimum absolute atomic E-state index is 0.0907. The Labute approximate surface area is 232 Å². The van der Waals surface area contributed by atoms with Crippen LogP contribution in [0, 0.1) is 23.4 Å². The normalized spacial score (nSPS) is 17.5. The highest BCUT2D eigenvalue weighted by Gasteiger charge is 2.67. The Kier molecular flexibility index (Phi) is 8.06. The van der Waals surface area contributed by atoms with E-state index in [1.165, 1.54) is 41.7 Å². The number of halogens is 8. The smallest absolute Gasteiger partial charge is 0.315 e. The van der Waals surface area contributed by atoms with Gasteiger partial charge in [-0.15, -0.1) is 23.2 Å². The summed E-state index contributed by atoms with van der Waals surface area (Å²) in [5.41, 5.74) is -1.44. The minimum Gasteiger partial charge on any atom is -0.326 e. The summed E-state index contributed by atoms with van der Waals surface area (Å²) in [6.45, 7) is 0. The van der Waals surface area contributed by atoms with Crippen molar-refractivity contribution in [3.63, 3.8) is 0 Å². The first-order chi connectivity index (χ1) is 18.3. The second-order valence-electron chi connectivity index (χ2n) is 8.39. The summed E-state index contributed by atoms with van der Waals surface area (Å²) in [5, 5.41) is 5.96. The highest BCUT2D eigenvalue weighted by molar-refractivity contribution is 6.53. The molecule has 0 bridgehead atoms. The molecule has 204 valence electrons. The van der Waals surface area contributed by atoms with Gasteiger partial charge in [0.2, 0.25) is 5.91 Å². The number of anilines is 3. The largest absolute Gasteiger partial charge is 0.326 e. The Balaban J connectivity index is 1.51. The molecule has 3 aromatic rings. The second-order valence-corrected chi connectivity index (χ2v) is 10.2. The van der Waals surface area contributed by atoms with E-state index in [0.29, 0.717) is 11.6 Å². The van der Waals surface area contributed by atoms with Crippen LogP contribution in [0.25, 0.3) is 0 Å². The van der Waals surface area contributed by atoms with Crippen molar-refractivity contribution >= 4 is 69.6 Å². The average Bonchev–Trinajstić information content (AvgIpc) is 3.46. The molecular formula is C25H15Cl3F5N3O3. The van der Waals surface area contributed by atoms with Crippen LogP contribution in [0.15, 0.2) is 54.6 Å². The molecule has 2 atom stereocenters. The predicted molar refractivity (Wildman–Crippen MR) is 136 cm³/mol. The number of hydrogen-bond donors (Lipinski definition) is 3. The quantitative estimate of drug-likeness (QED) is 0.206. The number of alkyl halides is 4. The maximum absolute atomic E-state index is 14.7. The van der Waals surface area contributed by atoms with Crippen LogP contribution in [0.5, 0.6) is 0 Å². The molecule has 0 aliphatic heterocycles.